The molecular formula is C30H27FN6O4. The number of aromatic carboxylic acids is 1. The Morgan fingerprint density at radius 1 is 1.20 bits per heavy atom. The molecule has 1 aliphatic carbocycles. The summed E-state index contributed by atoms with van der Waals surface area (Å²) in [6.45, 7) is 1.29. The molecule has 208 valence electrons. The number of halogens is 1. The molecule has 11 heteroatoms. The molecule has 2 atom stereocenters. The molecule has 10 nitrogen and oxygen atoms in total. The van der Waals surface area contributed by atoms with E-state index in [1.54, 1.807) is 18.3 Å². The molecular weight excluding hydrogens is 527 g/mol. The van der Waals surface area contributed by atoms with Crippen LogP contribution >= 0.6 is 0 Å². The number of aromatic nitrogens is 5. The zero-order valence-electron chi connectivity index (χ0n) is 22.2. The van der Waals surface area contributed by atoms with E-state index in [0.29, 0.717) is 29.2 Å². The highest BCUT2D eigenvalue weighted by molar-refractivity contribution is 5.88. The Morgan fingerprint density at radius 3 is 2.78 bits per heavy atom. The first-order chi connectivity index (χ1) is 20.0. The first kappa shape index (κ1) is 26.5. The lowest BCUT2D eigenvalue weighted by molar-refractivity contribution is -0.0591. The van der Waals surface area contributed by atoms with Gasteiger partial charge in [0.25, 0.3) is 0 Å². The molecule has 3 aromatic heterocycles. The maximum absolute atomic E-state index is 14.2. The minimum atomic E-state index is -1.06. The Bertz CT molecular complexity index is 1690. The van der Waals surface area contributed by atoms with Crippen LogP contribution in [-0.4, -0.2) is 48.3 Å². The van der Waals surface area contributed by atoms with E-state index in [-0.39, 0.29) is 30.0 Å². The van der Waals surface area contributed by atoms with Crippen molar-refractivity contribution < 1.29 is 23.8 Å². The summed E-state index contributed by atoms with van der Waals surface area (Å²) >= 11 is 0. The van der Waals surface area contributed by atoms with Gasteiger partial charge in [0.15, 0.2) is 11.3 Å². The standard InChI is InChI=1S/C30H27FN6O4/c31-23-13-19(15-32)3-6-21(23)17-41-30-33-11-9-24(36-30)20-4-1-18(2-5-20)14-27-34-25-7-8-26(29(38)39)35-28(25)37(27)16-22-10-12-40-22/h3-4,6-9,11,13,18,22H,1-2,5,10,12,14,16-17H2,(H,38,39). The van der Waals surface area contributed by atoms with E-state index in [0.717, 1.165) is 55.8 Å². The summed E-state index contributed by atoms with van der Waals surface area (Å²) in [5, 5.41) is 18.3. The number of hydrogen-bond donors (Lipinski definition) is 1. The second kappa shape index (κ2) is 11.4. The molecule has 2 aliphatic rings. The summed E-state index contributed by atoms with van der Waals surface area (Å²) < 4.78 is 27.5. The number of fused-ring (bicyclic) bond motifs is 1. The lowest BCUT2D eigenvalue weighted by Gasteiger charge is -2.28. The molecule has 2 unspecified atom stereocenters. The van der Waals surface area contributed by atoms with Crippen molar-refractivity contribution in [3.8, 4) is 12.1 Å². The largest absolute Gasteiger partial charge is 0.477 e. The van der Waals surface area contributed by atoms with Crippen molar-refractivity contribution in [2.45, 2.75) is 51.4 Å². The fraction of sp³-hybridized carbons (Fsp3) is 0.333. The molecule has 4 heterocycles. The zero-order valence-corrected chi connectivity index (χ0v) is 22.2. The van der Waals surface area contributed by atoms with Gasteiger partial charge in [-0.3, -0.25) is 0 Å². The molecule has 1 aromatic carbocycles. The molecule has 0 radical (unpaired) electrons. The van der Waals surface area contributed by atoms with Gasteiger partial charge in [0.05, 0.1) is 30.0 Å². The van der Waals surface area contributed by atoms with Crippen molar-refractivity contribution in [1.29, 1.82) is 5.26 Å². The van der Waals surface area contributed by atoms with Gasteiger partial charge in [-0.05, 0) is 67.5 Å². The Morgan fingerprint density at radius 2 is 2.07 bits per heavy atom. The minimum absolute atomic E-state index is 0.000192. The highest BCUT2D eigenvalue weighted by Crippen LogP contribution is 2.32. The van der Waals surface area contributed by atoms with Crippen molar-refractivity contribution in [1.82, 2.24) is 24.5 Å². The van der Waals surface area contributed by atoms with Gasteiger partial charge in [0.1, 0.15) is 23.8 Å². The Hall–Kier alpha value is -4.69. The van der Waals surface area contributed by atoms with Crippen LogP contribution in [0.2, 0.25) is 0 Å². The van der Waals surface area contributed by atoms with Gasteiger partial charge in [-0.25, -0.2) is 24.1 Å². The van der Waals surface area contributed by atoms with E-state index in [9.17, 15) is 14.3 Å². The summed E-state index contributed by atoms with van der Waals surface area (Å²) in [4.78, 5) is 29.4. The second-order valence-corrected chi connectivity index (χ2v) is 10.3. The second-order valence-electron chi connectivity index (χ2n) is 10.3. The van der Waals surface area contributed by atoms with Crippen molar-refractivity contribution in [3.63, 3.8) is 0 Å². The van der Waals surface area contributed by atoms with E-state index in [1.165, 1.54) is 18.2 Å². The number of nitrogens with zero attached hydrogens (tertiary/aromatic N) is 6. The van der Waals surface area contributed by atoms with Crippen molar-refractivity contribution in [2.75, 3.05) is 6.61 Å². The third-order valence-electron chi connectivity index (χ3n) is 7.56. The maximum Gasteiger partial charge on any atom is 0.354 e. The van der Waals surface area contributed by atoms with Crippen LogP contribution in [0, 0.1) is 23.1 Å². The van der Waals surface area contributed by atoms with E-state index in [4.69, 9.17) is 19.7 Å². The quantitative estimate of drug-likeness (QED) is 0.311. The predicted molar refractivity (Wildman–Crippen MR) is 145 cm³/mol. The number of carbonyl (C=O) groups is 1. The van der Waals surface area contributed by atoms with E-state index < -0.39 is 11.8 Å². The third-order valence-corrected chi connectivity index (χ3v) is 7.56. The molecule has 41 heavy (non-hydrogen) atoms. The van der Waals surface area contributed by atoms with E-state index in [2.05, 4.69) is 21.0 Å². The molecule has 1 saturated heterocycles. The summed E-state index contributed by atoms with van der Waals surface area (Å²) in [7, 11) is 0. The summed E-state index contributed by atoms with van der Waals surface area (Å²) in [6.07, 6.45) is 8.18. The maximum atomic E-state index is 14.2. The van der Waals surface area contributed by atoms with Gasteiger partial charge in [0, 0.05) is 24.8 Å². The highest BCUT2D eigenvalue weighted by Gasteiger charge is 2.25. The number of ether oxygens (including phenoxy) is 2. The number of carboxylic acids is 1. The molecule has 4 aromatic rings. The average molecular weight is 555 g/mol. The average Bonchev–Trinajstić information content (AvgIpc) is 3.30. The summed E-state index contributed by atoms with van der Waals surface area (Å²) in [5.41, 5.74) is 3.71. The van der Waals surface area contributed by atoms with Crippen LogP contribution in [0.4, 0.5) is 4.39 Å². The predicted octanol–water partition coefficient (Wildman–Crippen LogP) is 4.72. The SMILES string of the molecule is N#Cc1ccc(COc2nccc(C3=CCC(Cc4nc5ccc(C(=O)O)nc5n4CC4CCO4)CC3)n2)c(F)c1. The van der Waals surface area contributed by atoms with Crippen LogP contribution < -0.4 is 4.74 Å². The van der Waals surface area contributed by atoms with Crippen LogP contribution in [0.5, 0.6) is 6.01 Å². The van der Waals surface area contributed by atoms with Crippen molar-refractivity contribution >= 4 is 22.7 Å². The van der Waals surface area contributed by atoms with Crippen molar-refractivity contribution in [3.05, 3.63) is 82.8 Å². The Labute approximate surface area is 235 Å². The smallest absolute Gasteiger partial charge is 0.354 e. The molecule has 0 bridgehead atoms. The summed E-state index contributed by atoms with van der Waals surface area (Å²) in [5.74, 6) is -0.327. The van der Waals surface area contributed by atoms with E-state index in [1.807, 2.05) is 16.7 Å². The van der Waals surface area contributed by atoms with Crippen LogP contribution in [0.1, 0.15) is 58.8 Å². The number of benzene rings is 1. The van der Waals surface area contributed by atoms with Gasteiger partial charge in [-0.1, -0.05) is 12.1 Å². The third kappa shape index (κ3) is 5.78. The number of rotatable bonds is 9. The lowest BCUT2D eigenvalue weighted by atomic mass is 9.86. The fourth-order valence-electron chi connectivity index (χ4n) is 5.18. The number of nitriles is 1. The molecule has 1 aliphatic heterocycles. The lowest BCUT2D eigenvalue weighted by Crippen LogP contribution is -2.32. The normalized spacial score (nSPS) is 18.4. The van der Waals surface area contributed by atoms with Crippen LogP contribution in [-0.2, 0) is 24.3 Å². The molecule has 0 spiro atoms. The molecule has 1 N–H and O–H groups in total. The number of hydrogen-bond acceptors (Lipinski definition) is 8. The number of carboxylic acid groups (broad SMARTS) is 1. The number of pyridine rings is 1. The zero-order chi connectivity index (χ0) is 28.3. The van der Waals surface area contributed by atoms with Gasteiger partial charge in [-0.2, -0.15) is 10.2 Å². The van der Waals surface area contributed by atoms with Crippen LogP contribution in [0.3, 0.4) is 0 Å². The molecule has 6 rings (SSSR count). The first-order valence-electron chi connectivity index (χ1n) is 13.5. The summed E-state index contributed by atoms with van der Waals surface area (Å²) in [6, 6.07) is 11.4. The van der Waals surface area contributed by atoms with Crippen molar-refractivity contribution in [2.24, 2.45) is 5.92 Å². The van der Waals surface area contributed by atoms with Crippen LogP contribution in [0.25, 0.3) is 16.7 Å². The van der Waals surface area contributed by atoms with Crippen LogP contribution in [0.15, 0.2) is 48.7 Å². The van der Waals surface area contributed by atoms with Gasteiger partial charge in [-0.15, -0.1) is 0 Å². The van der Waals surface area contributed by atoms with Gasteiger partial charge >= 0.3 is 12.0 Å². The molecule has 0 amide bonds. The number of allylic oxidation sites excluding steroid dienone is 2. The monoisotopic (exact) mass is 554 g/mol. The topological polar surface area (TPSA) is 136 Å². The van der Waals surface area contributed by atoms with Gasteiger partial charge < -0.3 is 19.1 Å². The van der Waals surface area contributed by atoms with E-state index >= 15 is 0 Å². The molecule has 1 fully saturated rings. The fourth-order valence-corrected chi connectivity index (χ4v) is 5.18. The highest BCUT2D eigenvalue weighted by atomic mass is 19.1. The first-order valence-corrected chi connectivity index (χ1v) is 13.5. The Balaban J connectivity index is 1.14. The van der Waals surface area contributed by atoms with Gasteiger partial charge in [0.2, 0.25) is 0 Å². The Kier molecular flexibility index (Phi) is 7.39. The molecule has 0 saturated carbocycles. The minimum Gasteiger partial charge on any atom is -0.477 e. The number of imidazole rings is 1.